The van der Waals surface area contributed by atoms with Gasteiger partial charge in [0.05, 0.1) is 12.3 Å². The Labute approximate surface area is 202 Å². The molecule has 8 nitrogen and oxygen atoms in total. The number of benzene rings is 2. The Kier molecular flexibility index (Phi) is 7.59. The van der Waals surface area contributed by atoms with Crippen LogP contribution >= 0.6 is 11.8 Å². The highest BCUT2D eigenvalue weighted by Crippen LogP contribution is 2.22. The van der Waals surface area contributed by atoms with Crippen LogP contribution < -0.4 is 5.32 Å². The number of thioether (sulfide) groups is 1. The molecule has 1 fully saturated rings. The quantitative estimate of drug-likeness (QED) is 0.522. The zero-order valence-electron chi connectivity index (χ0n) is 19.2. The van der Waals surface area contributed by atoms with Crippen LogP contribution in [0.3, 0.4) is 0 Å². The monoisotopic (exact) mass is 482 g/mol. The minimum absolute atomic E-state index is 0.0324. The molecule has 1 aromatic heterocycles. The van der Waals surface area contributed by atoms with Crippen molar-refractivity contribution >= 4 is 29.3 Å². The molecule has 1 aliphatic heterocycles. The van der Waals surface area contributed by atoms with E-state index in [4.69, 9.17) is 0 Å². The Morgan fingerprint density at radius 2 is 1.76 bits per heavy atom. The van der Waals surface area contributed by atoms with Gasteiger partial charge in [0.25, 0.3) is 0 Å². The van der Waals surface area contributed by atoms with E-state index in [-0.39, 0.29) is 24.1 Å². The van der Waals surface area contributed by atoms with Gasteiger partial charge in [0.1, 0.15) is 11.6 Å². The molecule has 0 spiro atoms. The summed E-state index contributed by atoms with van der Waals surface area (Å²) in [6, 6.07) is 13.9. The van der Waals surface area contributed by atoms with E-state index >= 15 is 0 Å². The zero-order chi connectivity index (χ0) is 24.1. The summed E-state index contributed by atoms with van der Waals surface area (Å²) in [5, 5.41) is 11.8. The molecule has 1 N–H and O–H groups in total. The van der Waals surface area contributed by atoms with Crippen LogP contribution in [0.1, 0.15) is 11.4 Å². The van der Waals surface area contributed by atoms with Gasteiger partial charge in [0.15, 0.2) is 5.16 Å². The third kappa shape index (κ3) is 6.00. The van der Waals surface area contributed by atoms with Crippen molar-refractivity contribution in [3.8, 4) is 5.69 Å². The molecule has 178 valence electrons. The van der Waals surface area contributed by atoms with Crippen molar-refractivity contribution in [1.82, 2.24) is 24.6 Å². The van der Waals surface area contributed by atoms with E-state index in [1.54, 1.807) is 12.1 Å². The number of hydrogen-bond donors (Lipinski definition) is 1. The number of carbonyl (C=O) groups is 2. The predicted octanol–water partition coefficient (Wildman–Crippen LogP) is 2.90. The topological polar surface area (TPSA) is 83.4 Å². The molecule has 34 heavy (non-hydrogen) atoms. The van der Waals surface area contributed by atoms with Gasteiger partial charge in [0, 0.05) is 37.6 Å². The SMILES string of the molecule is Cc1ccc(-n2c(C)nnc2SCC(=O)N2CCN(CC(=O)Nc3cccc(F)c3)CC2)cc1. The predicted molar refractivity (Wildman–Crippen MR) is 130 cm³/mol. The standard InChI is InChI=1S/C24H27FN6O2S/c1-17-6-8-21(9-7-17)31-18(2)27-28-24(31)34-16-23(33)30-12-10-29(11-13-30)15-22(32)26-20-5-3-4-19(25)14-20/h3-9,14H,10-13,15-16H2,1-2H3,(H,26,32). The molecule has 0 saturated carbocycles. The molecule has 0 radical (unpaired) electrons. The molecule has 2 amide bonds. The third-order valence-corrected chi connectivity index (χ3v) is 6.53. The Morgan fingerprint density at radius 3 is 2.47 bits per heavy atom. The van der Waals surface area contributed by atoms with Gasteiger partial charge in [0.2, 0.25) is 11.8 Å². The van der Waals surface area contributed by atoms with Crippen LogP contribution in [-0.2, 0) is 9.59 Å². The minimum Gasteiger partial charge on any atom is -0.339 e. The fourth-order valence-corrected chi connectivity index (χ4v) is 4.67. The summed E-state index contributed by atoms with van der Waals surface area (Å²) >= 11 is 1.37. The second-order valence-electron chi connectivity index (χ2n) is 8.20. The smallest absolute Gasteiger partial charge is 0.238 e. The molecule has 0 unspecified atom stereocenters. The maximum absolute atomic E-state index is 13.3. The number of rotatable bonds is 7. The second-order valence-corrected chi connectivity index (χ2v) is 9.15. The van der Waals surface area contributed by atoms with E-state index < -0.39 is 5.82 Å². The van der Waals surface area contributed by atoms with Crippen molar-refractivity contribution in [2.45, 2.75) is 19.0 Å². The van der Waals surface area contributed by atoms with Crippen LogP contribution in [0.5, 0.6) is 0 Å². The number of amides is 2. The summed E-state index contributed by atoms with van der Waals surface area (Å²) in [7, 11) is 0. The number of aryl methyl sites for hydroxylation is 2. The molecular formula is C24H27FN6O2S. The lowest BCUT2D eigenvalue weighted by Crippen LogP contribution is -2.50. The Balaban J connectivity index is 1.25. The average molecular weight is 483 g/mol. The van der Waals surface area contributed by atoms with Gasteiger partial charge in [-0.3, -0.25) is 19.1 Å². The maximum Gasteiger partial charge on any atom is 0.238 e. The van der Waals surface area contributed by atoms with Gasteiger partial charge >= 0.3 is 0 Å². The van der Waals surface area contributed by atoms with Crippen molar-refractivity contribution in [2.75, 3.05) is 43.8 Å². The van der Waals surface area contributed by atoms with Crippen LogP contribution in [0.15, 0.2) is 53.7 Å². The molecule has 0 bridgehead atoms. The van der Waals surface area contributed by atoms with Gasteiger partial charge in [-0.2, -0.15) is 0 Å². The van der Waals surface area contributed by atoms with Gasteiger partial charge < -0.3 is 10.2 Å². The lowest BCUT2D eigenvalue weighted by molar-refractivity contribution is -0.130. The molecule has 1 aliphatic rings. The molecule has 4 rings (SSSR count). The molecule has 2 aromatic carbocycles. The normalized spacial score (nSPS) is 14.3. The van der Waals surface area contributed by atoms with Crippen molar-refractivity contribution in [1.29, 1.82) is 0 Å². The Bertz CT molecular complexity index is 1160. The molecule has 10 heteroatoms. The van der Waals surface area contributed by atoms with E-state index in [2.05, 4.69) is 15.5 Å². The van der Waals surface area contributed by atoms with Gasteiger partial charge in [-0.05, 0) is 44.2 Å². The maximum atomic E-state index is 13.3. The Hall–Kier alpha value is -3.24. The summed E-state index contributed by atoms with van der Waals surface area (Å²) in [5.41, 5.74) is 2.57. The van der Waals surface area contributed by atoms with Crippen molar-refractivity contribution < 1.29 is 14.0 Å². The first-order chi connectivity index (χ1) is 16.4. The number of hydrogen-bond acceptors (Lipinski definition) is 6. The molecule has 1 saturated heterocycles. The van der Waals surface area contributed by atoms with E-state index in [0.29, 0.717) is 37.0 Å². The summed E-state index contributed by atoms with van der Waals surface area (Å²) < 4.78 is 15.2. The first kappa shape index (κ1) is 23.9. The summed E-state index contributed by atoms with van der Waals surface area (Å²) in [4.78, 5) is 28.9. The first-order valence-corrected chi connectivity index (χ1v) is 12.0. The van der Waals surface area contributed by atoms with E-state index in [1.165, 1.54) is 29.5 Å². The second kappa shape index (κ2) is 10.8. The Morgan fingerprint density at radius 1 is 1.03 bits per heavy atom. The van der Waals surface area contributed by atoms with E-state index in [1.807, 2.05) is 52.5 Å². The molecular weight excluding hydrogens is 455 g/mol. The lowest BCUT2D eigenvalue weighted by Gasteiger charge is -2.34. The highest BCUT2D eigenvalue weighted by molar-refractivity contribution is 7.99. The van der Waals surface area contributed by atoms with E-state index in [0.717, 1.165) is 11.5 Å². The van der Waals surface area contributed by atoms with Crippen LogP contribution in [0.2, 0.25) is 0 Å². The molecule has 3 aromatic rings. The average Bonchev–Trinajstić information content (AvgIpc) is 3.18. The minimum atomic E-state index is -0.393. The molecule has 0 atom stereocenters. The first-order valence-electron chi connectivity index (χ1n) is 11.1. The van der Waals surface area contributed by atoms with Crippen molar-refractivity contribution in [3.63, 3.8) is 0 Å². The van der Waals surface area contributed by atoms with Crippen LogP contribution in [0.25, 0.3) is 5.69 Å². The third-order valence-electron chi connectivity index (χ3n) is 5.61. The van der Waals surface area contributed by atoms with Crippen LogP contribution in [0, 0.1) is 19.7 Å². The number of nitrogens with zero attached hydrogens (tertiary/aromatic N) is 5. The fourth-order valence-electron chi connectivity index (χ4n) is 3.77. The lowest BCUT2D eigenvalue weighted by atomic mass is 10.2. The number of carbonyl (C=O) groups excluding carboxylic acids is 2. The number of halogens is 1. The van der Waals surface area contributed by atoms with E-state index in [9.17, 15) is 14.0 Å². The van der Waals surface area contributed by atoms with Gasteiger partial charge in [-0.15, -0.1) is 10.2 Å². The molecule has 0 aliphatic carbocycles. The van der Waals surface area contributed by atoms with Crippen LogP contribution in [0.4, 0.5) is 10.1 Å². The fraction of sp³-hybridized carbons (Fsp3) is 0.333. The summed E-state index contributed by atoms with van der Waals surface area (Å²) in [6.45, 7) is 6.44. The number of anilines is 1. The number of aromatic nitrogens is 3. The highest BCUT2D eigenvalue weighted by atomic mass is 32.2. The van der Waals surface area contributed by atoms with Gasteiger partial charge in [-0.1, -0.05) is 35.5 Å². The van der Waals surface area contributed by atoms with Crippen molar-refractivity contribution in [3.05, 3.63) is 65.7 Å². The zero-order valence-corrected chi connectivity index (χ0v) is 20.0. The molecule has 2 heterocycles. The number of piperazine rings is 1. The summed E-state index contributed by atoms with van der Waals surface area (Å²) in [6.07, 6.45) is 0. The summed E-state index contributed by atoms with van der Waals surface area (Å²) in [5.74, 6) is 0.472. The van der Waals surface area contributed by atoms with Gasteiger partial charge in [-0.25, -0.2) is 4.39 Å². The van der Waals surface area contributed by atoms with Crippen molar-refractivity contribution in [2.24, 2.45) is 0 Å². The van der Waals surface area contributed by atoms with Crippen LogP contribution in [-0.4, -0.2) is 74.9 Å². The highest BCUT2D eigenvalue weighted by Gasteiger charge is 2.23. The number of nitrogens with one attached hydrogen (secondary N) is 1. The largest absolute Gasteiger partial charge is 0.339 e.